The van der Waals surface area contributed by atoms with Crippen molar-refractivity contribution >= 4 is 35.0 Å². The van der Waals surface area contributed by atoms with Gasteiger partial charge in [-0.25, -0.2) is 4.39 Å². The number of rotatable bonds is 7. The number of aryl methyl sites for hydroxylation is 2. The number of hydrogen-bond acceptors (Lipinski definition) is 5. The number of amides is 2. The molecular weight excluding hydrogens is 405 g/mol. The van der Waals surface area contributed by atoms with Crippen LogP contribution in [0, 0.1) is 19.7 Å². The number of aromatic nitrogens is 3. The van der Waals surface area contributed by atoms with Crippen molar-refractivity contribution in [1.82, 2.24) is 14.8 Å². The first kappa shape index (κ1) is 21.5. The molecule has 0 saturated heterocycles. The molecule has 0 aliphatic rings. The van der Waals surface area contributed by atoms with E-state index in [1.165, 1.54) is 36.0 Å². The van der Waals surface area contributed by atoms with E-state index in [0.717, 1.165) is 16.8 Å². The molecule has 0 unspecified atom stereocenters. The molecule has 9 heteroatoms. The summed E-state index contributed by atoms with van der Waals surface area (Å²) < 4.78 is 14.6. The number of nitrogens with zero attached hydrogens (tertiary/aromatic N) is 3. The summed E-state index contributed by atoms with van der Waals surface area (Å²) >= 11 is 1.20. The van der Waals surface area contributed by atoms with Crippen LogP contribution in [0.2, 0.25) is 0 Å². The second-order valence-electron chi connectivity index (χ2n) is 6.83. The molecule has 1 heterocycles. The SMILES string of the molecule is Cc1ccc(NC(=O)Cc2nnc(SCC(=O)Nc3ccc(F)cc3)n2C)cc1C. The van der Waals surface area contributed by atoms with Gasteiger partial charge in [-0.2, -0.15) is 0 Å². The van der Waals surface area contributed by atoms with Crippen LogP contribution in [0.1, 0.15) is 17.0 Å². The van der Waals surface area contributed by atoms with Crippen molar-refractivity contribution < 1.29 is 14.0 Å². The second kappa shape index (κ2) is 9.53. The van der Waals surface area contributed by atoms with E-state index in [4.69, 9.17) is 0 Å². The summed E-state index contributed by atoms with van der Waals surface area (Å²) in [5.41, 5.74) is 3.51. The van der Waals surface area contributed by atoms with Crippen molar-refractivity contribution in [3.63, 3.8) is 0 Å². The lowest BCUT2D eigenvalue weighted by Gasteiger charge is -2.08. The van der Waals surface area contributed by atoms with Crippen LogP contribution < -0.4 is 10.6 Å². The fraction of sp³-hybridized carbons (Fsp3) is 0.238. The number of carbonyl (C=O) groups excluding carboxylic acids is 2. The highest BCUT2D eigenvalue weighted by molar-refractivity contribution is 7.99. The van der Waals surface area contributed by atoms with E-state index in [0.29, 0.717) is 16.7 Å². The molecular formula is C21H22FN5O2S. The smallest absolute Gasteiger partial charge is 0.234 e. The molecule has 0 radical (unpaired) electrons. The predicted octanol–water partition coefficient (Wildman–Crippen LogP) is 3.48. The van der Waals surface area contributed by atoms with E-state index < -0.39 is 0 Å². The summed E-state index contributed by atoms with van der Waals surface area (Å²) in [6.45, 7) is 4.00. The summed E-state index contributed by atoms with van der Waals surface area (Å²) in [7, 11) is 1.75. The first-order chi connectivity index (χ1) is 14.3. The van der Waals surface area contributed by atoms with Gasteiger partial charge in [-0.05, 0) is 61.4 Å². The minimum Gasteiger partial charge on any atom is -0.326 e. The van der Waals surface area contributed by atoms with E-state index in [1.54, 1.807) is 11.6 Å². The molecule has 0 atom stereocenters. The first-order valence-electron chi connectivity index (χ1n) is 9.25. The topological polar surface area (TPSA) is 88.9 Å². The van der Waals surface area contributed by atoms with Gasteiger partial charge in [-0.15, -0.1) is 10.2 Å². The van der Waals surface area contributed by atoms with Gasteiger partial charge < -0.3 is 15.2 Å². The molecule has 0 saturated carbocycles. The molecule has 156 valence electrons. The van der Waals surface area contributed by atoms with Crippen LogP contribution in [0.3, 0.4) is 0 Å². The molecule has 3 rings (SSSR count). The van der Waals surface area contributed by atoms with E-state index >= 15 is 0 Å². The van der Waals surface area contributed by atoms with Gasteiger partial charge in [0.25, 0.3) is 0 Å². The minimum atomic E-state index is -0.365. The fourth-order valence-corrected chi connectivity index (χ4v) is 3.38. The van der Waals surface area contributed by atoms with Crippen molar-refractivity contribution in [3.8, 4) is 0 Å². The molecule has 1 aromatic heterocycles. The zero-order valence-electron chi connectivity index (χ0n) is 16.9. The van der Waals surface area contributed by atoms with Gasteiger partial charge in [-0.3, -0.25) is 9.59 Å². The van der Waals surface area contributed by atoms with Crippen LogP contribution in [0.5, 0.6) is 0 Å². The molecule has 7 nitrogen and oxygen atoms in total. The Morgan fingerprint density at radius 1 is 0.967 bits per heavy atom. The van der Waals surface area contributed by atoms with Gasteiger partial charge in [0, 0.05) is 18.4 Å². The van der Waals surface area contributed by atoms with E-state index in [1.807, 2.05) is 32.0 Å². The number of hydrogen-bond donors (Lipinski definition) is 2. The van der Waals surface area contributed by atoms with E-state index in [-0.39, 0.29) is 29.8 Å². The van der Waals surface area contributed by atoms with Gasteiger partial charge in [0.2, 0.25) is 11.8 Å². The van der Waals surface area contributed by atoms with Gasteiger partial charge >= 0.3 is 0 Å². The Labute approximate surface area is 178 Å². The summed E-state index contributed by atoms with van der Waals surface area (Å²) in [5, 5.41) is 14.2. The maximum Gasteiger partial charge on any atom is 0.234 e. The molecule has 3 aromatic rings. The third-order valence-corrected chi connectivity index (χ3v) is 5.51. The zero-order chi connectivity index (χ0) is 21.7. The van der Waals surface area contributed by atoms with Crippen molar-refractivity contribution in [2.45, 2.75) is 25.4 Å². The van der Waals surface area contributed by atoms with Crippen LogP contribution in [0.15, 0.2) is 47.6 Å². The largest absolute Gasteiger partial charge is 0.326 e. The number of benzene rings is 2. The summed E-state index contributed by atoms with van der Waals surface area (Å²) in [4.78, 5) is 24.4. The molecule has 0 spiro atoms. The normalized spacial score (nSPS) is 10.7. The highest BCUT2D eigenvalue weighted by atomic mass is 32.2. The number of nitrogens with one attached hydrogen (secondary N) is 2. The fourth-order valence-electron chi connectivity index (χ4n) is 2.65. The summed E-state index contributed by atoms with van der Waals surface area (Å²) in [6, 6.07) is 11.3. The zero-order valence-corrected chi connectivity index (χ0v) is 17.7. The van der Waals surface area contributed by atoms with Crippen LogP contribution in [0.4, 0.5) is 15.8 Å². The van der Waals surface area contributed by atoms with Crippen LogP contribution in [-0.4, -0.2) is 32.3 Å². The van der Waals surface area contributed by atoms with Crippen molar-refractivity contribution in [1.29, 1.82) is 0 Å². The average Bonchev–Trinajstić information content (AvgIpc) is 3.04. The number of thioether (sulfide) groups is 1. The number of anilines is 2. The molecule has 30 heavy (non-hydrogen) atoms. The highest BCUT2D eigenvalue weighted by Gasteiger charge is 2.15. The molecule has 0 fully saturated rings. The monoisotopic (exact) mass is 427 g/mol. The van der Waals surface area contributed by atoms with Crippen molar-refractivity contribution in [2.24, 2.45) is 7.05 Å². The van der Waals surface area contributed by atoms with Crippen LogP contribution >= 0.6 is 11.8 Å². The third kappa shape index (κ3) is 5.66. The molecule has 0 bridgehead atoms. The Bertz CT molecular complexity index is 1070. The number of halogens is 1. The minimum absolute atomic E-state index is 0.0682. The van der Waals surface area contributed by atoms with Gasteiger partial charge in [-0.1, -0.05) is 17.8 Å². The standard InChI is InChI=1S/C21H22FN5O2S/c1-13-4-7-17(10-14(13)2)24-19(28)11-18-25-26-21(27(18)3)30-12-20(29)23-16-8-5-15(22)6-9-16/h4-10H,11-12H2,1-3H3,(H,23,29)(H,24,28). The van der Waals surface area contributed by atoms with Gasteiger partial charge in [0.1, 0.15) is 11.6 Å². The lowest BCUT2D eigenvalue weighted by Crippen LogP contribution is -2.17. The quantitative estimate of drug-likeness (QED) is 0.564. The molecule has 0 aliphatic carbocycles. The maximum absolute atomic E-state index is 12.9. The lowest BCUT2D eigenvalue weighted by molar-refractivity contribution is -0.116. The van der Waals surface area contributed by atoms with Crippen molar-refractivity contribution in [3.05, 3.63) is 65.2 Å². The van der Waals surface area contributed by atoms with Crippen LogP contribution in [-0.2, 0) is 23.1 Å². The van der Waals surface area contributed by atoms with Gasteiger partial charge in [0.15, 0.2) is 5.16 Å². The average molecular weight is 428 g/mol. The Balaban J connectivity index is 1.53. The summed E-state index contributed by atoms with van der Waals surface area (Å²) in [5.74, 6) is -0.200. The van der Waals surface area contributed by atoms with E-state index in [2.05, 4.69) is 20.8 Å². The molecule has 0 aliphatic heterocycles. The Kier molecular flexibility index (Phi) is 6.83. The lowest BCUT2D eigenvalue weighted by atomic mass is 10.1. The molecule has 2 amide bonds. The third-order valence-electron chi connectivity index (χ3n) is 4.49. The Hall–Kier alpha value is -3.20. The summed E-state index contributed by atoms with van der Waals surface area (Å²) in [6.07, 6.45) is 0.0682. The maximum atomic E-state index is 12.9. The highest BCUT2D eigenvalue weighted by Crippen LogP contribution is 2.18. The Morgan fingerprint density at radius 3 is 2.33 bits per heavy atom. The van der Waals surface area contributed by atoms with Gasteiger partial charge in [0.05, 0.1) is 12.2 Å². The molecule has 2 aromatic carbocycles. The van der Waals surface area contributed by atoms with E-state index in [9.17, 15) is 14.0 Å². The second-order valence-corrected chi connectivity index (χ2v) is 7.77. The first-order valence-corrected chi connectivity index (χ1v) is 10.2. The molecule has 2 N–H and O–H groups in total. The van der Waals surface area contributed by atoms with Crippen molar-refractivity contribution in [2.75, 3.05) is 16.4 Å². The Morgan fingerprint density at radius 2 is 1.63 bits per heavy atom. The van der Waals surface area contributed by atoms with Crippen LogP contribution in [0.25, 0.3) is 0 Å². The predicted molar refractivity (Wildman–Crippen MR) is 115 cm³/mol. The number of carbonyl (C=O) groups is 2.